The van der Waals surface area contributed by atoms with E-state index < -0.39 is 0 Å². The van der Waals surface area contributed by atoms with Gasteiger partial charge in [-0.3, -0.25) is 0 Å². The zero-order valence-corrected chi connectivity index (χ0v) is 6.52. The van der Waals surface area contributed by atoms with Crippen LogP contribution in [0.25, 0.3) is 0 Å². The first kappa shape index (κ1) is 7.85. The maximum absolute atomic E-state index is 12.9. The number of nitrogens with one attached hydrogen (secondary N) is 1. The number of ether oxygens (including phenoxy) is 1. The Kier molecular flexibility index (Phi) is 2.31. The van der Waals surface area contributed by atoms with Crippen molar-refractivity contribution >= 4 is 5.69 Å². The van der Waals surface area contributed by atoms with Crippen LogP contribution >= 0.6 is 0 Å². The lowest BCUT2D eigenvalue weighted by Gasteiger charge is -2.07. The lowest BCUT2D eigenvalue weighted by molar-refractivity contribution is 0.388. The highest BCUT2D eigenvalue weighted by molar-refractivity contribution is 5.56. The van der Waals surface area contributed by atoms with Crippen LogP contribution in [-0.4, -0.2) is 14.2 Å². The summed E-state index contributed by atoms with van der Waals surface area (Å²) in [6, 6.07) is 4.74. The molecule has 0 aliphatic carbocycles. The molecule has 0 aliphatic heterocycles. The molecule has 0 saturated heterocycles. The van der Waals surface area contributed by atoms with E-state index in [1.165, 1.54) is 13.2 Å². The first-order chi connectivity index (χ1) is 5.29. The van der Waals surface area contributed by atoms with Crippen LogP contribution in [0.15, 0.2) is 18.2 Å². The molecule has 1 N–H and O–H groups in total. The summed E-state index contributed by atoms with van der Waals surface area (Å²) in [5.74, 6) is -0.0886. The van der Waals surface area contributed by atoms with Gasteiger partial charge in [0.05, 0.1) is 12.8 Å². The Morgan fingerprint density at radius 3 is 2.64 bits per heavy atom. The monoisotopic (exact) mass is 155 g/mol. The highest BCUT2D eigenvalue weighted by Gasteiger charge is 2.05. The molecule has 11 heavy (non-hydrogen) atoms. The molecule has 0 radical (unpaired) electrons. The fraction of sp³-hybridized carbons (Fsp3) is 0.250. The summed E-state index contributed by atoms with van der Waals surface area (Å²) >= 11 is 0. The molecule has 0 unspecified atom stereocenters. The topological polar surface area (TPSA) is 21.3 Å². The van der Waals surface area contributed by atoms with Gasteiger partial charge in [-0.2, -0.15) is 0 Å². The predicted octanol–water partition coefficient (Wildman–Crippen LogP) is 1.88. The normalized spacial score (nSPS) is 9.36. The zero-order chi connectivity index (χ0) is 8.27. The van der Waals surface area contributed by atoms with E-state index in [1.54, 1.807) is 19.2 Å². The van der Waals surface area contributed by atoms with Crippen LogP contribution in [0.2, 0.25) is 0 Å². The Morgan fingerprint density at radius 1 is 1.45 bits per heavy atom. The van der Waals surface area contributed by atoms with Gasteiger partial charge in [-0.25, -0.2) is 4.39 Å². The van der Waals surface area contributed by atoms with E-state index in [-0.39, 0.29) is 11.6 Å². The molecule has 60 valence electrons. The van der Waals surface area contributed by atoms with E-state index in [2.05, 4.69) is 5.32 Å². The van der Waals surface area contributed by atoms with Crippen LogP contribution < -0.4 is 10.1 Å². The van der Waals surface area contributed by atoms with E-state index >= 15 is 0 Å². The van der Waals surface area contributed by atoms with Gasteiger partial charge in [0.15, 0.2) is 11.6 Å². The van der Waals surface area contributed by atoms with Gasteiger partial charge < -0.3 is 10.1 Å². The minimum atomic E-state index is -0.348. The lowest BCUT2D eigenvalue weighted by atomic mass is 10.3. The fourth-order valence-electron chi connectivity index (χ4n) is 0.913. The van der Waals surface area contributed by atoms with Gasteiger partial charge in [-0.15, -0.1) is 0 Å². The minimum absolute atomic E-state index is 0.259. The fourth-order valence-corrected chi connectivity index (χ4v) is 0.913. The number of methoxy groups -OCH3 is 1. The first-order valence-corrected chi connectivity index (χ1v) is 3.30. The number of hydrogen-bond donors (Lipinski definition) is 1. The third-order valence-electron chi connectivity index (χ3n) is 1.44. The van der Waals surface area contributed by atoms with E-state index in [1.807, 2.05) is 0 Å². The van der Waals surface area contributed by atoms with Crippen LogP contribution in [0.5, 0.6) is 5.75 Å². The Hall–Kier alpha value is -1.25. The molecule has 0 amide bonds. The van der Waals surface area contributed by atoms with Crippen molar-refractivity contribution in [3.8, 4) is 5.75 Å². The number of rotatable bonds is 2. The second-order valence-electron chi connectivity index (χ2n) is 2.07. The van der Waals surface area contributed by atoms with Gasteiger partial charge in [0.25, 0.3) is 0 Å². The van der Waals surface area contributed by atoms with Crippen molar-refractivity contribution in [1.82, 2.24) is 0 Å². The average Bonchev–Trinajstić information content (AvgIpc) is 2.04. The van der Waals surface area contributed by atoms with Crippen molar-refractivity contribution in [2.24, 2.45) is 0 Å². The van der Waals surface area contributed by atoms with E-state index in [4.69, 9.17) is 4.74 Å². The molecule has 0 atom stereocenters. The summed E-state index contributed by atoms with van der Waals surface area (Å²) in [6.07, 6.45) is 0. The Morgan fingerprint density at radius 2 is 2.18 bits per heavy atom. The molecule has 2 nitrogen and oxygen atoms in total. The smallest absolute Gasteiger partial charge is 0.177 e. The first-order valence-electron chi connectivity index (χ1n) is 3.30. The number of para-hydroxylation sites is 1. The van der Waals surface area contributed by atoms with Gasteiger partial charge >= 0.3 is 0 Å². The molecule has 0 heterocycles. The molecule has 0 bridgehead atoms. The molecule has 0 saturated carbocycles. The second kappa shape index (κ2) is 3.23. The van der Waals surface area contributed by atoms with Crippen LogP contribution in [0, 0.1) is 5.82 Å². The average molecular weight is 155 g/mol. The van der Waals surface area contributed by atoms with Crippen LogP contribution in [0.3, 0.4) is 0 Å². The number of hydrogen-bond acceptors (Lipinski definition) is 2. The summed E-state index contributed by atoms with van der Waals surface area (Å²) in [5.41, 5.74) is 0.660. The summed E-state index contributed by atoms with van der Waals surface area (Å²) in [4.78, 5) is 0. The van der Waals surface area contributed by atoms with Gasteiger partial charge in [-0.1, -0.05) is 6.07 Å². The summed E-state index contributed by atoms with van der Waals surface area (Å²) < 4.78 is 17.7. The second-order valence-corrected chi connectivity index (χ2v) is 2.07. The third kappa shape index (κ3) is 1.42. The highest BCUT2D eigenvalue weighted by atomic mass is 19.1. The maximum atomic E-state index is 12.9. The molecule has 1 aromatic rings. The summed E-state index contributed by atoms with van der Waals surface area (Å²) in [5, 5.41) is 2.82. The summed E-state index contributed by atoms with van der Waals surface area (Å²) in [6.45, 7) is 0. The largest absolute Gasteiger partial charge is 0.492 e. The van der Waals surface area contributed by atoms with Crippen molar-refractivity contribution in [2.75, 3.05) is 19.5 Å². The summed E-state index contributed by atoms with van der Waals surface area (Å²) in [7, 11) is 3.16. The van der Waals surface area contributed by atoms with Gasteiger partial charge in [0.2, 0.25) is 0 Å². The van der Waals surface area contributed by atoms with Gasteiger partial charge in [-0.05, 0) is 12.1 Å². The van der Waals surface area contributed by atoms with Gasteiger partial charge in [0.1, 0.15) is 0 Å². The quantitative estimate of drug-likeness (QED) is 0.704. The molecule has 0 spiro atoms. The van der Waals surface area contributed by atoms with Crippen LogP contribution in [0.1, 0.15) is 0 Å². The van der Waals surface area contributed by atoms with Crippen molar-refractivity contribution in [3.63, 3.8) is 0 Å². The highest BCUT2D eigenvalue weighted by Crippen LogP contribution is 2.26. The molecule has 0 aromatic heterocycles. The maximum Gasteiger partial charge on any atom is 0.177 e. The Balaban J connectivity index is 3.13. The number of benzene rings is 1. The molecular weight excluding hydrogens is 145 g/mol. The molecule has 1 aromatic carbocycles. The molecule has 1 rings (SSSR count). The van der Waals surface area contributed by atoms with Crippen LogP contribution in [0.4, 0.5) is 10.1 Å². The Bertz CT molecular complexity index is 250. The lowest BCUT2D eigenvalue weighted by Crippen LogP contribution is -1.95. The SMILES string of the molecule is CNc1cccc(F)c1OC. The van der Waals surface area contributed by atoms with Gasteiger partial charge in [0, 0.05) is 7.05 Å². The number of anilines is 1. The molecular formula is C8H10FNO. The van der Waals surface area contributed by atoms with Crippen molar-refractivity contribution in [3.05, 3.63) is 24.0 Å². The minimum Gasteiger partial charge on any atom is -0.492 e. The molecule has 0 aliphatic rings. The van der Waals surface area contributed by atoms with E-state index in [9.17, 15) is 4.39 Å². The number of halogens is 1. The molecule has 3 heteroatoms. The zero-order valence-electron chi connectivity index (χ0n) is 6.52. The Labute approximate surface area is 65.0 Å². The van der Waals surface area contributed by atoms with Crippen molar-refractivity contribution in [1.29, 1.82) is 0 Å². The van der Waals surface area contributed by atoms with Crippen molar-refractivity contribution < 1.29 is 9.13 Å². The predicted molar refractivity (Wildman–Crippen MR) is 42.5 cm³/mol. The van der Waals surface area contributed by atoms with E-state index in [0.29, 0.717) is 5.69 Å². The van der Waals surface area contributed by atoms with E-state index in [0.717, 1.165) is 0 Å². The van der Waals surface area contributed by atoms with Crippen molar-refractivity contribution in [2.45, 2.75) is 0 Å². The standard InChI is InChI=1S/C8H10FNO/c1-10-7-5-3-4-6(9)8(7)11-2/h3-5,10H,1-2H3. The third-order valence-corrected chi connectivity index (χ3v) is 1.44. The molecule has 0 fully saturated rings. The van der Waals surface area contributed by atoms with Crippen LogP contribution in [-0.2, 0) is 0 Å².